The van der Waals surface area contributed by atoms with Crippen LogP contribution in [0, 0.1) is 6.92 Å². The number of hydrogen-bond donors (Lipinski definition) is 1. The van der Waals surface area contributed by atoms with E-state index in [2.05, 4.69) is 23.2 Å². The monoisotopic (exact) mass is 271 g/mol. The summed E-state index contributed by atoms with van der Waals surface area (Å²) in [5.41, 5.74) is 2.08. The lowest BCUT2D eigenvalue weighted by Gasteiger charge is -2.28. The number of hydrogen-bond acceptors (Lipinski definition) is 4. The summed E-state index contributed by atoms with van der Waals surface area (Å²) >= 11 is 0. The van der Waals surface area contributed by atoms with Gasteiger partial charge in [-0.25, -0.2) is 4.52 Å². The Kier molecular flexibility index (Phi) is 2.88. The summed E-state index contributed by atoms with van der Waals surface area (Å²) in [6.07, 6.45) is 5.09. The van der Waals surface area contributed by atoms with E-state index in [1.807, 2.05) is 16.6 Å². The minimum absolute atomic E-state index is 0.565. The van der Waals surface area contributed by atoms with E-state index in [1.165, 1.54) is 25.7 Å². The Morgan fingerprint density at radius 2 is 2.20 bits per heavy atom. The predicted molar refractivity (Wildman–Crippen MR) is 79.1 cm³/mol. The van der Waals surface area contributed by atoms with Crippen molar-refractivity contribution in [2.75, 3.05) is 18.0 Å². The number of nitrogens with one attached hydrogen (secondary N) is 1. The highest BCUT2D eigenvalue weighted by Crippen LogP contribution is 2.28. The quantitative estimate of drug-likeness (QED) is 0.904. The molecule has 2 aliphatic rings. The molecule has 4 rings (SSSR count). The molecule has 20 heavy (non-hydrogen) atoms. The average Bonchev–Trinajstić information content (AvgIpc) is 3.18. The highest BCUT2D eigenvalue weighted by atomic mass is 15.4. The highest BCUT2D eigenvalue weighted by molar-refractivity contribution is 5.47. The van der Waals surface area contributed by atoms with Gasteiger partial charge in [0.15, 0.2) is 5.65 Å². The van der Waals surface area contributed by atoms with Gasteiger partial charge in [0.25, 0.3) is 0 Å². The first kappa shape index (κ1) is 12.1. The third-order valence-electron chi connectivity index (χ3n) is 4.66. The van der Waals surface area contributed by atoms with Gasteiger partial charge < -0.3 is 10.2 Å². The zero-order chi connectivity index (χ0) is 13.5. The second-order valence-electron chi connectivity index (χ2n) is 5.95. The first-order valence-corrected chi connectivity index (χ1v) is 7.65. The van der Waals surface area contributed by atoms with Gasteiger partial charge in [-0.1, -0.05) is 6.07 Å². The fourth-order valence-corrected chi connectivity index (χ4v) is 3.65. The molecule has 0 amide bonds. The fraction of sp³-hybridized carbons (Fsp3) is 0.600. The molecule has 0 spiro atoms. The first-order chi connectivity index (χ1) is 9.83. The summed E-state index contributed by atoms with van der Waals surface area (Å²) in [6.45, 7) is 4.32. The average molecular weight is 271 g/mol. The van der Waals surface area contributed by atoms with Crippen LogP contribution in [-0.2, 0) is 0 Å². The number of aryl methyl sites for hydroxylation is 1. The molecule has 0 saturated carbocycles. The van der Waals surface area contributed by atoms with E-state index in [0.29, 0.717) is 12.1 Å². The molecule has 2 fully saturated rings. The summed E-state index contributed by atoms with van der Waals surface area (Å²) in [7, 11) is 0. The number of fused-ring (bicyclic) bond motifs is 1. The van der Waals surface area contributed by atoms with Crippen molar-refractivity contribution < 1.29 is 0 Å². The lowest BCUT2D eigenvalue weighted by atomic mass is 10.0. The van der Waals surface area contributed by atoms with Gasteiger partial charge in [0.1, 0.15) is 0 Å². The maximum atomic E-state index is 4.73. The van der Waals surface area contributed by atoms with Gasteiger partial charge in [0.05, 0.1) is 0 Å². The van der Waals surface area contributed by atoms with Crippen molar-refractivity contribution in [1.29, 1.82) is 0 Å². The van der Waals surface area contributed by atoms with Crippen molar-refractivity contribution in [2.24, 2.45) is 0 Å². The Labute approximate surface area is 119 Å². The van der Waals surface area contributed by atoms with Crippen LogP contribution in [0.25, 0.3) is 5.65 Å². The zero-order valence-corrected chi connectivity index (χ0v) is 11.9. The second-order valence-corrected chi connectivity index (χ2v) is 5.95. The van der Waals surface area contributed by atoms with E-state index in [4.69, 9.17) is 10.1 Å². The van der Waals surface area contributed by atoms with Gasteiger partial charge >= 0.3 is 0 Å². The maximum Gasteiger partial charge on any atom is 0.245 e. The lowest BCUT2D eigenvalue weighted by molar-refractivity contribution is 0.478. The third kappa shape index (κ3) is 1.88. The molecule has 2 aromatic rings. The topological polar surface area (TPSA) is 45.5 Å². The van der Waals surface area contributed by atoms with Gasteiger partial charge in [-0.15, -0.1) is 5.10 Å². The van der Waals surface area contributed by atoms with E-state index in [-0.39, 0.29) is 0 Å². The first-order valence-electron chi connectivity index (χ1n) is 7.65. The Morgan fingerprint density at radius 3 is 3.00 bits per heavy atom. The van der Waals surface area contributed by atoms with Crippen LogP contribution in [-0.4, -0.2) is 39.8 Å². The van der Waals surface area contributed by atoms with Gasteiger partial charge in [0, 0.05) is 24.3 Å². The number of rotatable bonds is 2. The molecule has 2 aliphatic heterocycles. The van der Waals surface area contributed by atoms with Crippen LogP contribution in [0.2, 0.25) is 0 Å². The van der Waals surface area contributed by atoms with Crippen molar-refractivity contribution in [3.8, 4) is 0 Å². The summed E-state index contributed by atoms with van der Waals surface area (Å²) in [6, 6.07) is 7.33. The summed E-state index contributed by atoms with van der Waals surface area (Å²) in [4.78, 5) is 7.14. The van der Waals surface area contributed by atoms with Gasteiger partial charge in [0.2, 0.25) is 5.95 Å². The standard InChI is InChI=1S/C15H21N5/c1-11-5-2-8-14-17-15(18-20(11)14)19-10-4-7-13(19)12-6-3-9-16-12/h2,5,8,12-13,16H,3-4,6-7,9-10H2,1H3. The Hall–Kier alpha value is -1.62. The molecule has 106 valence electrons. The summed E-state index contributed by atoms with van der Waals surface area (Å²) in [5, 5.41) is 8.36. The molecule has 0 aromatic carbocycles. The van der Waals surface area contributed by atoms with Crippen molar-refractivity contribution in [2.45, 2.75) is 44.7 Å². The predicted octanol–water partition coefficient (Wildman–Crippen LogP) is 1.76. The molecular formula is C15H21N5. The van der Waals surface area contributed by atoms with Gasteiger partial charge in [-0.3, -0.25) is 0 Å². The van der Waals surface area contributed by atoms with Crippen molar-refractivity contribution in [3.05, 3.63) is 23.9 Å². The molecule has 5 nitrogen and oxygen atoms in total. The van der Waals surface area contributed by atoms with Crippen LogP contribution in [0.15, 0.2) is 18.2 Å². The summed E-state index contributed by atoms with van der Waals surface area (Å²) < 4.78 is 1.95. The van der Waals surface area contributed by atoms with Gasteiger partial charge in [-0.2, -0.15) is 4.98 Å². The number of pyridine rings is 1. The number of aromatic nitrogens is 3. The van der Waals surface area contributed by atoms with Crippen molar-refractivity contribution >= 4 is 11.6 Å². The van der Waals surface area contributed by atoms with Crippen LogP contribution < -0.4 is 10.2 Å². The van der Waals surface area contributed by atoms with Crippen LogP contribution in [0.5, 0.6) is 0 Å². The van der Waals surface area contributed by atoms with E-state index in [9.17, 15) is 0 Å². The summed E-state index contributed by atoms with van der Waals surface area (Å²) in [5.74, 6) is 0.899. The molecule has 1 N–H and O–H groups in total. The molecule has 2 saturated heterocycles. The van der Waals surface area contributed by atoms with E-state index in [0.717, 1.165) is 30.4 Å². The molecule has 2 unspecified atom stereocenters. The van der Waals surface area contributed by atoms with E-state index < -0.39 is 0 Å². The molecule has 0 aliphatic carbocycles. The SMILES string of the molecule is Cc1cccc2nc(N3CCCC3C3CCCN3)nn12. The van der Waals surface area contributed by atoms with Crippen LogP contribution in [0.4, 0.5) is 5.95 Å². The Balaban J connectivity index is 1.68. The van der Waals surface area contributed by atoms with Crippen molar-refractivity contribution in [3.63, 3.8) is 0 Å². The van der Waals surface area contributed by atoms with Crippen molar-refractivity contribution in [1.82, 2.24) is 19.9 Å². The van der Waals surface area contributed by atoms with E-state index in [1.54, 1.807) is 0 Å². The Bertz CT molecular complexity index is 614. The largest absolute Gasteiger partial charge is 0.335 e. The lowest BCUT2D eigenvalue weighted by Crippen LogP contribution is -2.44. The molecule has 4 heterocycles. The molecule has 5 heteroatoms. The minimum Gasteiger partial charge on any atom is -0.335 e. The Morgan fingerprint density at radius 1 is 1.25 bits per heavy atom. The van der Waals surface area contributed by atoms with E-state index >= 15 is 0 Å². The molecule has 2 atom stereocenters. The van der Waals surface area contributed by atoms with Crippen LogP contribution in [0.3, 0.4) is 0 Å². The normalized spacial score (nSPS) is 26.8. The number of nitrogens with zero attached hydrogens (tertiary/aromatic N) is 4. The minimum atomic E-state index is 0.565. The molecular weight excluding hydrogens is 250 g/mol. The highest BCUT2D eigenvalue weighted by Gasteiger charge is 2.35. The molecule has 0 bridgehead atoms. The fourth-order valence-electron chi connectivity index (χ4n) is 3.65. The third-order valence-corrected chi connectivity index (χ3v) is 4.66. The zero-order valence-electron chi connectivity index (χ0n) is 11.9. The maximum absolute atomic E-state index is 4.73. The molecule has 0 radical (unpaired) electrons. The smallest absolute Gasteiger partial charge is 0.245 e. The van der Waals surface area contributed by atoms with Crippen LogP contribution in [0.1, 0.15) is 31.4 Å². The number of anilines is 1. The van der Waals surface area contributed by atoms with Gasteiger partial charge in [-0.05, 0) is 51.3 Å². The second kappa shape index (κ2) is 4.74. The molecule has 2 aromatic heterocycles. The van der Waals surface area contributed by atoms with Crippen LogP contribution >= 0.6 is 0 Å².